The first-order valence-corrected chi connectivity index (χ1v) is 24.9. The van der Waals surface area contributed by atoms with E-state index < -0.39 is 11.9 Å². The fourth-order valence-corrected chi connectivity index (χ4v) is 6.56. The van der Waals surface area contributed by atoms with E-state index in [9.17, 15) is 0 Å². The van der Waals surface area contributed by atoms with Crippen molar-refractivity contribution in [1.82, 2.24) is 19.9 Å². The minimum absolute atomic E-state index is 0. The molecule has 0 amide bonds. The van der Waals surface area contributed by atoms with Crippen molar-refractivity contribution in [3.63, 3.8) is 0 Å². The molecule has 0 fully saturated rings. The third-order valence-corrected chi connectivity index (χ3v) is 9.80. The minimum Gasteiger partial charge on any atom is -0.497 e. The molecule has 0 saturated carbocycles. The standard InChI is InChI=1S/C24H20N2O.C24H18N2O.C22H2.2C2H4O2.2Pd/c2*1-17-13-19(23-7-3-5-11-25-23)15-21(14-17)27-20-10-9-18(2)22(16-20)24-8-4-6-12-26-24;1-3-5-7-9-11-13-15-17-19-21-22-20-18-16-14-12-10-8-6-4-2;2*1-2(3)4;;/h3-16H,1-2H3;3-14H,1-2H3;1-2H;2*1H3,(H,3,4);;/q;-2;;;;;+2. The van der Waals surface area contributed by atoms with Gasteiger partial charge in [0, 0.05) is 105 Å². The molecule has 8 rings (SSSR count). The summed E-state index contributed by atoms with van der Waals surface area (Å²) in [4.78, 5) is 35.7. The van der Waals surface area contributed by atoms with Crippen LogP contribution < -0.4 is 9.47 Å². The summed E-state index contributed by atoms with van der Waals surface area (Å²) in [6, 6.07) is 50.4. The summed E-state index contributed by atoms with van der Waals surface area (Å²) in [5.41, 5.74) is 12.1. The number of terminal acetylenes is 2. The van der Waals surface area contributed by atoms with Crippen LogP contribution in [0.4, 0.5) is 0 Å². The van der Waals surface area contributed by atoms with Gasteiger partial charge in [0.2, 0.25) is 0 Å². The Balaban J connectivity index is 0.000000411. The van der Waals surface area contributed by atoms with Crippen LogP contribution in [0, 0.1) is 171 Å². The zero-order valence-electron chi connectivity index (χ0n) is 47.1. The van der Waals surface area contributed by atoms with Crippen LogP contribution in [0.15, 0.2) is 158 Å². The topological polar surface area (TPSA) is 145 Å². The molecular formula is C74H48N4O6Pd2. The third kappa shape index (κ3) is 28.8. The van der Waals surface area contributed by atoms with Gasteiger partial charge in [0.05, 0.1) is 11.4 Å². The smallest absolute Gasteiger partial charge is 0.497 e. The van der Waals surface area contributed by atoms with E-state index in [1.54, 1.807) is 18.6 Å². The molecule has 0 radical (unpaired) electrons. The van der Waals surface area contributed by atoms with E-state index in [1.165, 1.54) is 5.56 Å². The first kappa shape index (κ1) is 70.6. The number of aromatic nitrogens is 4. The van der Waals surface area contributed by atoms with Gasteiger partial charge in [-0.25, -0.2) is 0 Å². The van der Waals surface area contributed by atoms with Crippen molar-refractivity contribution in [3.05, 3.63) is 193 Å². The molecule has 0 atom stereocenters. The fourth-order valence-electron chi connectivity index (χ4n) is 6.56. The third-order valence-electron chi connectivity index (χ3n) is 9.80. The van der Waals surface area contributed by atoms with Gasteiger partial charge < -0.3 is 29.7 Å². The van der Waals surface area contributed by atoms with Crippen LogP contribution in [0.3, 0.4) is 0 Å². The summed E-state index contributed by atoms with van der Waals surface area (Å²) in [5, 5.41) is 14.8. The Morgan fingerprint density at radius 1 is 0.430 bits per heavy atom. The number of aliphatic carboxylic acids is 2. The quantitative estimate of drug-likeness (QED) is 0.0857. The molecule has 0 aliphatic carbocycles. The molecule has 420 valence electrons. The molecule has 0 unspecified atom stereocenters. The van der Waals surface area contributed by atoms with E-state index in [1.807, 2.05) is 141 Å². The van der Waals surface area contributed by atoms with Gasteiger partial charge in [0.15, 0.2) is 0 Å². The molecule has 0 saturated heterocycles. The molecule has 10 nitrogen and oxygen atoms in total. The second-order valence-corrected chi connectivity index (χ2v) is 16.5. The van der Waals surface area contributed by atoms with Crippen LogP contribution in [0.2, 0.25) is 0 Å². The Labute approximate surface area is 531 Å². The van der Waals surface area contributed by atoms with Gasteiger partial charge in [0.1, 0.15) is 11.5 Å². The van der Waals surface area contributed by atoms with Crippen molar-refractivity contribution in [1.29, 1.82) is 0 Å². The molecule has 0 aliphatic heterocycles. The van der Waals surface area contributed by atoms with Crippen LogP contribution >= 0.6 is 0 Å². The first-order valence-electron chi connectivity index (χ1n) is 24.9. The molecule has 0 spiro atoms. The second kappa shape index (κ2) is 41.5. The van der Waals surface area contributed by atoms with Crippen molar-refractivity contribution in [2.45, 2.75) is 41.5 Å². The number of nitrogens with zero attached hydrogens (tertiary/aromatic N) is 4. The Hall–Kier alpha value is -11.5. The summed E-state index contributed by atoms with van der Waals surface area (Å²) in [6.45, 7) is 10.4. The molecule has 2 N–H and O–H groups in total. The molecule has 86 heavy (non-hydrogen) atoms. The second-order valence-electron chi connectivity index (χ2n) is 16.5. The normalized spacial score (nSPS) is 8.19. The number of carbonyl (C=O) groups is 2. The largest absolute Gasteiger partial charge is 2.00 e. The van der Waals surface area contributed by atoms with Crippen LogP contribution in [0.25, 0.3) is 45.0 Å². The average Bonchev–Trinajstić information content (AvgIpc) is 3.60. The Kier molecular flexibility index (Phi) is 34.1. The molecule has 4 aromatic carbocycles. The van der Waals surface area contributed by atoms with Gasteiger partial charge in [-0.15, -0.1) is 53.3 Å². The number of pyridine rings is 4. The molecule has 8 aromatic rings. The van der Waals surface area contributed by atoms with Gasteiger partial charge in [-0.3, -0.25) is 19.6 Å². The Bertz CT molecular complexity index is 4010. The maximum Gasteiger partial charge on any atom is 2.00 e. The fraction of sp³-hybridized carbons (Fsp3) is 0.0811. The van der Waals surface area contributed by atoms with Crippen molar-refractivity contribution >= 4 is 11.9 Å². The Morgan fingerprint density at radius 2 is 0.849 bits per heavy atom. The van der Waals surface area contributed by atoms with E-state index in [0.717, 1.165) is 87.1 Å². The number of carboxylic acid groups (broad SMARTS) is 2. The summed E-state index contributed by atoms with van der Waals surface area (Å²) in [6.07, 6.45) is 17.0. The van der Waals surface area contributed by atoms with Crippen LogP contribution in [0.1, 0.15) is 36.1 Å². The van der Waals surface area contributed by atoms with Gasteiger partial charge >= 0.3 is 20.4 Å². The van der Waals surface area contributed by atoms with Gasteiger partial charge in [-0.05, 0) is 198 Å². The van der Waals surface area contributed by atoms with Crippen molar-refractivity contribution in [2.75, 3.05) is 0 Å². The van der Waals surface area contributed by atoms with Gasteiger partial charge in [-0.1, -0.05) is 74.5 Å². The minimum atomic E-state index is -0.833. The number of aryl methyl sites for hydroxylation is 4. The molecule has 4 aromatic heterocycles. The van der Waals surface area contributed by atoms with E-state index in [4.69, 9.17) is 42.1 Å². The molecular weight excluding hydrogens is 1250 g/mol. The van der Waals surface area contributed by atoms with E-state index in [0.29, 0.717) is 11.5 Å². The van der Waals surface area contributed by atoms with Crippen LogP contribution in [0.5, 0.6) is 23.0 Å². The summed E-state index contributed by atoms with van der Waals surface area (Å²) in [7, 11) is 0. The number of benzene rings is 4. The SMILES string of the molecule is C#CC#CC#CC#CC#CC#CC#CC#CC#CC#CC#C.CC(=O)O.CC(=O)O.Cc1cc(Oc2[c-]c(-c3ccccn3)c(C)cc2)[c-]c(-c2ccccn2)c1.Cc1cc(Oc2ccc(C)c(-c3ccccn3)c2)cc(-c2ccccn2)c1.[Pd+2].[Pd]. The number of hydrogen-bond acceptors (Lipinski definition) is 8. The summed E-state index contributed by atoms with van der Waals surface area (Å²) in [5.74, 6) is 49.4. The zero-order chi connectivity index (χ0) is 60.6. The van der Waals surface area contributed by atoms with E-state index in [2.05, 4.69) is 176 Å². The predicted octanol–water partition coefficient (Wildman–Crippen LogP) is 12.5. The summed E-state index contributed by atoms with van der Waals surface area (Å²) < 4.78 is 12.3. The molecule has 12 heteroatoms. The Morgan fingerprint density at radius 3 is 1.30 bits per heavy atom. The van der Waals surface area contributed by atoms with Crippen molar-refractivity contribution in [3.8, 4) is 199 Å². The van der Waals surface area contributed by atoms with Crippen LogP contribution in [-0.2, 0) is 50.4 Å². The maximum absolute atomic E-state index is 9.00. The van der Waals surface area contributed by atoms with Crippen LogP contribution in [-0.4, -0.2) is 42.1 Å². The number of rotatable bonds is 8. The molecule has 0 bridgehead atoms. The number of hydrogen-bond donors (Lipinski definition) is 2. The molecule has 4 heterocycles. The average molecular weight is 1300 g/mol. The number of ether oxygens (including phenoxy) is 2. The van der Waals surface area contributed by atoms with Gasteiger partial charge in [-0.2, -0.15) is 0 Å². The molecule has 0 aliphatic rings. The van der Waals surface area contributed by atoms with Gasteiger partial charge in [0.25, 0.3) is 11.9 Å². The zero-order valence-corrected chi connectivity index (χ0v) is 50.2. The predicted molar refractivity (Wildman–Crippen MR) is 330 cm³/mol. The van der Waals surface area contributed by atoms with E-state index >= 15 is 0 Å². The monoisotopic (exact) mass is 1300 g/mol. The van der Waals surface area contributed by atoms with Crippen molar-refractivity contribution in [2.24, 2.45) is 0 Å². The summed E-state index contributed by atoms with van der Waals surface area (Å²) >= 11 is 0. The first-order chi connectivity index (χ1) is 40.8. The van der Waals surface area contributed by atoms with Crippen molar-refractivity contribution < 1.29 is 70.1 Å². The number of carboxylic acids is 2. The van der Waals surface area contributed by atoms with E-state index in [-0.39, 0.29) is 40.8 Å². The maximum atomic E-state index is 9.00.